The number of hydrogen-bond acceptors (Lipinski definition) is 5. The van der Waals surface area contributed by atoms with E-state index < -0.39 is 0 Å². The van der Waals surface area contributed by atoms with Crippen molar-refractivity contribution >= 4 is 22.8 Å². The van der Waals surface area contributed by atoms with Crippen LogP contribution in [-0.4, -0.2) is 45.3 Å². The van der Waals surface area contributed by atoms with Crippen molar-refractivity contribution < 1.29 is 4.79 Å². The molecule has 4 rings (SSSR count). The third kappa shape index (κ3) is 2.93. The van der Waals surface area contributed by atoms with E-state index in [-0.39, 0.29) is 11.8 Å². The minimum Gasteiger partial charge on any atom is -0.355 e. The zero-order valence-corrected chi connectivity index (χ0v) is 15.9. The normalized spacial score (nSPS) is 22.5. The molecular formula is C19H28N6O. The highest BCUT2D eigenvalue weighted by Crippen LogP contribution is 2.35. The van der Waals surface area contributed by atoms with Gasteiger partial charge < -0.3 is 10.2 Å². The molecule has 26 heavy (non-hydrogen) atoms. The first-order valence-corrected chi connectivity index (χ1v) is 9.81. The van der Waals surface area contributed by atoms with Gasteiger partial charge in [0.2, 0.25) is 5.91 Å². The molecule has 2 saturated heterocycles. The van der Waals surface area contributed by atoms with Gasteiger partial charge in [-0.15, -0.1) is 0 Å². The molecule has 2 aromatic rings. The predicted octanol–water partition coefficient (Wildman–Crippen LogP) is 2.01. The maximum Gasteiger partial charge on any atom is 0.225 e. The standard InChI is InChI=1S/C19H28N6O/c1-4-5-6-25-18-16(15(23-25)7-12(2)3)17(21-11-22-18)24-9-13-8-20-19(26)14(13)10-24/h11-14H,4-10H2,1-3H3,(H,20,26)/t13-,14+/m0/s1. The van der Waals surface area contributed by atoms with Gasteiger partial charge in [-0.3, -0.25) is 4.79 Å². The first kappa shape index (κ1) is 17.2. The van der Waals surface area contributed by atoms with E-state index in [1.807, 2.05) is 4.68 Å². The number of fused-ring (bicyclic) bond motifs is 2. The van der Waals surface area contributed by atoms with Crippen molar-refractivity contribution in [3.8, 4) is 0 Å². The largest absolute Gasteiger partial charge is 0.355 e. The molecule has 2 aliphatic rings. The molecule has 2 aliphatic heterocycles. The summed E-state index contributed by atoms with van der Waals surface area (Å²) in [5, 5.41) is 8.96. The van der Waals surface area contributed by atoms with Gasteiger partial charge in [-0.1, -0.05) is 27.2 Å². The third-order valence-corrected chi connectivity index (χ3v) is 5.52. The van der Waals surface area contributed by atoms with Crippen LogP contribution in [-0.2, 0) is 17.8 Å². The van der Waals surface area contributed by atoms with Crippen LogP contribution in [0.5, 0.6) is 0 Å². The number of rotatable bonds is 6. The number of nitrogens with one attached hydrogen (secondary N) is 1. The van der Waals surface area contributed by atoms with Gasteiger partial charge in [-0.05, 0) is 18.8 Å². The first-order chi connectivity index (χ1) is 12.6. The Kier molecular flexibility index (Phi) is 4.54. The van der Waals surface area contributed by atoms with Crippen molar-refractivity contribution in [2.45, 2.75) is 46.6 Å². The third-order valence-electron chi connectivity index (χ3n) is 5.52. The maximum absolute atomic E-state index is 12.0. The number of nitrogens with zero attached hydrogens (tertiary/aromatic N) is 5. The molecule has 0 bridgehead atoms. The predicted molar refractivity (Wildman–Crippen MR) is 101 cm³/mol. The van der Waals surface area contributed by atoms with E-state index in [2.05, 4.69) is 41.0 Å². The molecule has 0 spiro atoms. The number of carbonyl (C=O) groups excluding carboxylic acids is 1. The summed E-state index contributed by atoms with van der Waals surface area (Å²) in [6.45, 7) is 9.89. The SMILES string of the molecule is CCCCn1nc(CC(C)C)c2c(N3C[C@@H]4CNC(=O)[C@@H]4C3)ncnc21. The molecule has 2 aromatic heterocycles. The van der Waals surface area contributed by atoms with Crippen LogP contribution in [0.3, 0.4) is 0 Å². The fourth-order valence-corrected chi connectivity index (χ4v) is 4.21. The zero-order chi connectivity index (χ0) is 18.3. The van der Waals surface area contributed by atoms with Crippen molar-refractivity contribution in [1.82, 2.24) is 25.1 Å². The number of hydrogen-bond donors (Lipinski definition) is 1. The molecule has 1 amide bonds. The molecule has 140 valence electrons. The first-order valence-electron chi connectivity index (χ1n) is 9.81. The second kappa shape index (κ2) is 6.85. The van der Waals surface area contributed by atoms with Crippen molar-refractivity contribution in [3.63, 3.8) is 0 Å². The molecule has 4 heterocycles. The second-order valence-corrected chi connectivity index (χ2v) is 8.03. The number of amides is 1. The van der Waals surface area contributed by atoms with Crippen LogP contribution in [0.15, 0.2) is 6.33 Å². The van der Waals surface area contributed by atoms with Gasteiger partial charge in [0.25, 0.3) is 0 Å². The Balaban J connectivity index is 1.75. The summed E-state index contributed by atoms with van der Waals surface area (Å²) >= 11 is 0. The lowest BCUT2D eigenvalue weighted by Gasteiger charge is -2.19. The number of aromatic nitrogens is 4. The Hall–Kier alpha value is -2.18. The van der Waals surface area contributed by atoms with E-state index >= 15 is 0 Å². The van der Waals surface area contributed by atoms with Gasteiger partial charge in [0, 0.05) is 32.1 Å². The van der Waals surface area contributed by atoms with E-state index in [1.54, 1.807) is 6.33 Å². The summed E-state index contributed by atoms with van der Waals surface area (Å²) in [5.74, 6) is 2.13. The van der Waals surface area contributed by atoms with Gasteiger partial charge in [0.05, 0.1) is 17.0 Å². The molecule has 2 fully saturated rings. The fraction of sp³-hybridized carbons (Fsp3) is 0.684. The average Bonchev–Trinajstić information content (AvgIpc) is 3.28. The highest BCUT2D eigenvalue weighted by atomic mass is 16.2. The molecule has 0 radical (unpaired) electrons. The quantitative estimate of drug-likeness (QED) is 0.857. The number of aryl methyl sites for hydroxylation is 1. The fourth-order valence-electron chi connectivity index (χ4n) is 4.21. The minimum atomic E-state index is 0.0868. The molecule has 7 nitrogen and oxygen atoms in total. The van der Waals surface area contributed by atoms with E-state index in [4.69, 9.17) is 5.10 Å². The molecule has 7 heteroatoms. The van der Waals surface area contributed by atoms with Crippen LogP contribution in [0.1, 0.15) is 39.3 Å². The highest BCUT2D eigenvalue weighted by molar-refractivity contribution is 5.91. The Morgan fingerprint density at radius 1 is 1.31 bits per heavy atom. The molecule has 0 saturated carbocycles. The summed E-state index contributed by atoms with van der Waals surface area (Å²) in [7, 11) is 0. The second-order valence-electron chi connectivity index (χ2n) is 8.03. The summed E-state index contributed by atoms with van der Waals surface area (Å²) in [4.78, 5) is 23.5. The Morgan fingerprint density at radius 2 is 2.15 bits per heavy atom. The van der Waals surface area contributed by atoms with E-state index in [0.717, 1.165) is 68.0 Å². The van der Waals surface area contributed by atoms with Gasteiger partial charge in [0.15, 0.2) is 5.65 Å². The number of anilines is 1. The number of unbranched alkanes of at least 4 members (excludes halogenated alkanes) is 1. The molecule has 0 aliphatic carbocycles. The van der Waals surface area contributed by atoms with Crippen molar-refractivity contribution in [2.75, 3.05) is 24.5 Å². The molecule has 0 unspecified atom stereocenters. The number of carbonyl (C=O) groups is 1. The van der Waals surface area contributed by atoms with Crippen LogP contribution in [0.4, 0.5) is 5.82 Å². The van der Waals surface area contributed by atoms with Gasteiger partial charge in [-0.25, -0.2) is 14.6 Å². The Labute approximate surface area is 154 Å². The van der Waals surface area contributed by atoms with E-state index in [9.17, 15) is 4.79 Å². The summed E-state index contributed by atoms with van der Waals surface area (Å²) in [5.41, 5.74) is 2.02. The van der Waals surface area contributed by atoms with Crippen molar-refractivity contribution in [1.29, 1.82) is 0 Å². The van der Waals surface area contributed by atoms with Crippen molar-refractivity contribution in [3.05, 3.63) is 12.0 Å². The van der Waals surface area contributed by atoms with Gasteiger partial charge >= 0.3 is 0 Å². The molecule has 2 atom stereocenters. The van der Waals surface area contributed by atoms with Crippen LogP contribution in [0.2, 0.25) is 0 Å². The maximum atomic E-state index is 12.0. The minimum absolute atomic E-state index is 0.0868. The highest BCUT2D eigenvalue weighted by Gasteiger charge is 2.43. The lowest BCUT2D eigenvalue weighted by atomic mass is 10.0. The monoisotopic (exact) mass is 356 g/mol. The smallest absolute Gasteiger partial charge is 0.225 e. The Morgan fingerprint density at radius 3 is 2.88 bits per heavy atom. The van der Waals surface area contributed by atoms with E-state index in [0.29, 0.717) is 11.8 Å². The zero-order valence-electron chi connectivity index (χ0n) is 15.9. The summed E-state index contributed by atoms with van der Waals surface area (Å²) in [6, 6.07) is 0. The van der Waals surface area contributed by atoms with Crippen LogP contribution in [0.25, 0.3) is 11.0 Å². The van der Waals surface area contributed by atoms with E-state index in [1.165, 1.54) is 0 Å². The van der Waals surface area contributed by atoms with Gasteiger partial charge in [-0.2, -0.15) is 5.10 Å². The van der Waals surface area contributed by atoms with Gasteiger partial charge in [0.1, 0.15) is 12.1 Å². The lowest BCUT2D eigenvalue weighted by Crippen LogP contribution is -2.29. The molecular weight excluding hydrogens is 328 g/mol. The average molecular weight is 356 g/mol. The van der Waals surface area contributed by atoms with Crippen LogP contribution >= 0.6 is 0 Å². The van der Waals surface area contributed by atoms with Crippen molar-refractivity contribution in [2.24, 2.45) is 17.8 Å². The molecule has 0 aromatic carbocycles. The van der Waals surface area contributed by atoms with Crippen LogP contribution < -0.4 is 10.2 Å². The van der Waals surface area contributed by atoms with Crippen LogP contribution in [0, 0.1) is 17.8 Å². The molecule has 1 N–H and O–H groups in total. The summed E-state index contributed by atoms with van der Waals surface area (Å²) in [6.07, 6.45) is 4.78. The summed E-state index contributed by atoms with van der Waals surface area (Å²) < 4.78 is 2.05. The lowest BCUT2D eigenvalue weighted by molar-refractivity contribution is -0.122. The topological polar surface area (TPSA) is 75.9 Å². The Bertz CT molecular complexity index is 814.